The first-order valence-electron chi connectivity index (χ1n) is 9.72. The Morgan fingerprint density at radius 1 is 1.31 bits per heavy atom. The smallest absolute Gasteiger partial charge is 0.332 e. The SMILES string of the molecule is CCCCC[C@H](O)C=C[C@H]1CC[C@@H]2OC([C@@H](F)CCC(O)C(=O)O)=C[C@@H]21. The maximum absolute atomic E-state index is 14.3. The monoisotopic (exact) mass is 370 g/mol. The number of unbranched alkanes of at least 4 members (excludes halogenated alkanes) is 2. The number of fused-ring (bicyclic) bond motifs is 1. The molecule has 148 valence electrons. The summed E-state index contributed by atoms with van der Waals surface area (Å²) in [6, 6.07) is 0. The molecule has 0 aromatic carbocycles. The van der Waals surface area contributed by atoms with Gasteiger partial charge in [-0.1, -0.05) is 38.3 Å². The summed E-state index contributed by atoms with van der Waals surface area (Å²) in [6.45, 7) is 2.13. The van der Waals surface area contributed by atoms with Crippen LogP contribution in [0.15, 0.2) is 24.0 Å². The summed E-state index contributed by atoms with van der Waals surface area (Å²) in [4.78, 5) is 10.6. The number of rotatable bonds is 11. The number of carboxylic acid groups (broad SMARTS) is 1. The van der Waals surface area contributed by atoms with Crippen LogP contribution in [-0.2, 0) is 9.53 Å². The topological polar surface area (TPSA) is 87.0 Å². The maximum atomic E-state index is 14.3. The van der Waals surface area contributed by atoms with Gasteiger partial charge in [0, 0.05) is 5.92 Å². The van der Waals surface area contributed by atoms with Crippen LogP contribution in [0.1, 0.15) is 58.3 Å². The lowest BCUT2D eigenvalue weighted by atomic mass is 9.93. The Labute approximate surface area is 154 Å². The van der Waals surface area contributed by atoms with Crippen molar-refractivity contribution in [1.29, 1.82) is 0 Å². The lowest BCUT2D eigenvalue weighted by Gasteiger charge is -2.15. The molecule has 3 N–H and O–H groups in total. The molecule has 1 unspecified atom stereocenters. The second-order valence-corrected chi connectivity index (χ2v) is 7.39. The fourth-order valence-corrected chi connectivity index (χ4v) is 3.73. The van der Waals surface area contributed by atoms with Gasteiger partial charge in [0.1, 0.15) is 11.9 Å². The molecule has 1 fully saturated rings. The van der Waals surface area contributed by atoms with Gasteiger partial charge < -0.3 is 20.1 Å². The number of alkyl halides is 1. The van der Waals surface area contributed by atoms with E-state index in [2.05, 4.69) is 6.92 Å². The molecular formula is C20H31FO5. The van der Waals surface area contributed by atoms with Crippen LogP contribution in [0.5, 0.6) is 0 Å². The molecule has 2 aliphatic rings. The van der Waals surface area contributed by atoms with Crippen molar-refractivity contribution in [1.82, 2.24) is 0 Å². The Bertz CT molecular complexity index is 518. The molecule has 2 rings (SSSR count). The molecular weight excluding hydrogens is 339 g/mol. The normalized spacial score (nSPS) is 28.5. The highest BCUT2D eigenvalue weighted by atomic mass is 19.1. The van der Waals surface area contributed by atoms with Gasteiger partial charge in [-0.3, -0.25) is 0 Å². The molecule has 1 saturated carbocycles. The Kier molecular flexibility index (Phi) is 8.10. The summed E-state index contributed by atoms with van der Waals surface area (Å²) in [5.74, 6) is -0.737. The van der Waals surface area contributed by atoms with Crippen molar-refractivity contribution in [3.8, 4) is 0 Å². The fraction of sp³-hybridized carbons (Fsp3) is 0.750. The minimum atomic E-state index is -1.54. The van der Waals surface area contributed by atoms with Gasteiger partial charge in [0.05, 0.1) is 6.10 Å². The molecule has 6 atom stereocenters. The molecule has 26 heavy (non-hydrogen) atoms. The van der Waals surface area contributed by atoms with Crippen molar-refractivity contribution in [2.45, 2.75) is 82.8 Å². The van der Waals surface area contributed by atoms with E-state index in [1.165, 1.54) is 0 Å². The average Bonchev–Trinajstić information content (AvgIpc) is 3.18. The quantitative estimate of drug-likeness (QED) is 0.383. The Hall–Kier alpha value is -1.40. The second-order valence-electron chi connectivity index (χ2n) is 7.39. The standard InChI is InChI=1S/C20H31FO5/c1-2-3-4-5-14(22)8-6-13-7-11-18-15(13)12-19(26-18)16(21)9-10-17(23)20(24)25/h6,8,12-18,22-23H,2-5,7,9-11H2,1H3,(H,24,25)/t13-,14-,15+,16-,17?,18-/m0/s1. The number of hydrogen-bond donors (Lipinski definition) is 3. The third-order valence-electron chi connectivity index (χ3n) is 5.32. The van der Waals surface area contributed by atoms with Crippen molar-refractivity contribution in [3.05, 3.63) is 24.0 Å². The lowest BCUT2D eigenvalue weighted by molar-refractivity contribution is -0.147. The Morgan fingerprint density at radius 2 is 2.08 bits per heavy atom. The summed E-state index contributed by atoms with van der Waals surface area (Å²) in [5.41, 5.74) is 0. The van der Waals surface area contributed by atoms with Crippen LogP contribution in [0.3, 0.4) is 0 Å². The summed E-state index contributed by atoms with van der Waals surface area (Å²) in [6.07, 6.45) is 7.89. The molecule has 6 heteroatoms. The van der Waals surface area contributed by atoms with Gasteiger partial charge in [0.25, 0.3) is 0 Å². The maximum Gasteiger partial charge on any atom is 0.332 e. The summed E-state index contributed by atoms with van der Waals surface area (Å²) < 4.78 is 20.0. The van der Waals surface area contributed by atoms with Gasteiger partial charge in [0.15, 0.2) is 12.3 Å². The molecule has 0 aromatic rings. The van der Waals surface area contributed by atoms with E-state index < -0.39 is 24.3 Å². The second kappa shape index (κ2) is 10.1. The molecule has 0 spiro atoms. The van der Waals surface area contributed by atoms with E-state index >= 15 is 0 Å². The van der Waals surface area contributed by atoms with Crippen LogP contribution in [0.2, 0.25) is 0 Å². The summed E-state index contributed by atoms with van der Waals surface area (Å²) >= 11 is 0. The highest BCUT2D eigenvalue weighted by Crippen LogP contribution is 2.43. The molecule has 0 bridgehead atoms. The first-order valence-corrected chi connectivity index (χ1v) is 9.72. The van der Waals surface area contributed by atoms with Crippen molar-refractivity contribution < 1.29 is 29.2 Å². The first kappa shape index (κ1) is 20.9. The van der Waals surface area contributed by atoms with Crippen LogP contribution in [-0.4, -0.2) is 45.8 Å². The molecule has 0 radical (unpaired) electrons. The molecule has 1 aliphatic carbocycles. The zero-order valence-electron chi connectivity index (χ0n) is 15.4. The van der Waals surface area contributed by atoms with Crippen LogP contribution in [0.4, 0.5) is 4.39 Å². The van der Waals surface area contributed by atoms with Crippen molar-refractivity contribution in [3.63, 3.8) is 0 Å². The van der Waals surface area contributed by atoms with Crippen LogP contribution >= 0.6 is 0 Å². The van der Waals surface area contributed by atoms with E-state index in [1.807, 2.05) is 18.2 Å². The Balaban J connectivity index is 1.84. The molecule has 0 saturated heterocycles. The zero-order valence-corrected chi connectivity index (χ0v) is 15.4. The van der Waals surface area contributed by atoms with Crippen molar-refractivity contribution in [2.24, 2.45) is 11.8 Å². The lowest BCUT2D eigenvalue weighted by Crippen LogP contribution is -2.21. The number of allylic oxidation sites excluding steroid dienone is 2. The number of aliphatic hydroxyl groups excluding tert-OH is 2. The third kappa shape index (κ3) is 5.81. The number of carbonyl (C=O) groups is 1. The number of halogens is 1. The van der Waals surface area contributed by atoms with Gasteiger partial charge in [-0.05, 0) is 44.1 Å². The van der Waals surface area contributed by atoms with E-state index in [0.717, 1.165) is 38.5 Å². The Morgan fingerprint density at radius 3 is 2.77 bits per heavy atom. The average molecular weight is 370 g/mol. The molecule has 0 aromatic heterocycles. The highest BCUT2D eigenvalue weighted by Gasteiger charge is 2.41. The van der Waals surface area contributed by atoms with Crippen molar-refractivity contribution in [2.75, 3.05) is 0 Å². The van der Waals surface area contributed by atoms with E-state index in [1.54, 1.807) is 0 Å². The zero-order chi connectivity index (χ0) is 19.1. The van der Waals surface area contributed by atoms with E-state index in [0.29, 0.717) is 0 Å². The van der Waals surface area contributed by atoms with E-state index in [9.17, 15) is 19.4 Å². The van der Waals surface area contributed by atoms with Gasteiger partial charge in [0.2, 0.25) is 0 Å². The van der Waals surface area contributed by atoms with Crippen molar-refractivity contribution >= 4 is 5.97 Å². The minimum Gasteiger partial charge on any atom is -0.491 e. The molecule has 1 aliphatic heterocycles. The number of ether oxygens (including phenoxy) is 1. The van der Waals surface area contributed by atoms with Crippen LogP contribution in [0, 0.1) is 11.8 Å². The van der Waals surface area contributed by atoms with Gasteiger partial charge >= 0.3 is 5.97 Å². The predicted octanol–water partition coefficient (Wildman–Crippen LogP) is 3.36. The van der Waals surface area contributed by atoms with E-state index in [4.69, 9.17) is 9.84 Å². The number of aliphatic hydroxyl groups is 2. The van der Waals surface area contributed by atoms with Crippen LogP contribution < -0.4 is 0 Å². The van der Waals surface area contributed by atoms with Gasteiger partial charge in [-0.15, -0.1) is 0 Å². The first-order chi connectivity index (χ1) is 12.4. The molecule has 5 nitrogen and oxygen atoms in total. The number of aliphatic carboxylic acids is 1. The summed E-state index contributed by atoms with van der Waals surface area (Å²) in [5, 5.41) is 27.9. The van der Waals surface area contributed by atoms with Gasteiger partial charge in [-0.25, -0.2) is 9.18 Å². The predicted molar refractivity (Wildman–Crippen MR) is 96.2 cm³/mol. The van der Waals surface area contributed by atoms with E-state index in [-0.39, 0.29) is 36.5 Å². The summed E-state index contributed by atoms with van der Waals surface area (Å²) in [7, 11) is 0. The largest absolute Gasteiger partial charge is 0.491 e. The minimum absolute atomic E-state index is 0.0421. The third-order valence-corrected chi connectivity index (χ3v) is 5.32. The molecule has 1 heterocycles. The van der Waals surface area contributed by atoms with Crippen LogP contribution in [0.25, 0.3) is 0 Å². The number of hydrogen-bond acceptors (Lipinski definition) is 4. The highest BCUT2D eigenvalue weighted by molar-refractivity contribution is 5.71. The van der Waals surface area contributed by atoms with Gasteiger partial charge in [-0.2, -0.15) is 0 Å². The fourth-order valence-electron chi connectivity index (χ4n) is 3.73. The molecule has 0 amide bonds. The number of carboxylic acids is 1.